The average Bonchev–Trinajstić information content (AvgIpc) is 2.16. The van der Waals surface area contributed by atoms with Gasteiger partial charge in [-0.05, 0) is 25.1 Å². The van der Waals surface area contributed by atoms with E-state index in [4.69, 9.17) is 10.5 Å². The van der Waals surface area contributed by atoms with Crippen molar-refractivity contribution in [3.05, 3.63) is 29.8 Å². The van der Waals surface area contributed by atoms with Gasteiger partial charge in [0.1, 0.15) is 5.75 Å². The van der Waals surface area contributed by atoms with Gasteiger partial charge in [-0.3, -0.25) is 0 Å². The molecule has 1 aromatic rings. The summed E-state index contributed by atoms with van der Waals surface area (Å²) < 4.78 is 5.61. The quantitative estimate of drug-likeness (QED) is 0.767. The second-order valence-corrected chi connectivity index (χ2v) is 3.42. The Balaban J connectivity index is 2.50. The van der Waals surface area contributed by atoms with E-state index in [9.17, 15) is 0 Å². The highest BCUT2D eigenvalue weighted by atomic mass is 16.5. The molecule has 1 atom stereocenters. The third-order valence-corrected chi connectivity index (χ3v) is 2.02. The Morgan fingerprint density at radius 3 is 2.69 bits per heavy atom. The molecule has 72 valence electrons. The zero-order valence-corrected chi connectivity index (χ0v) is 8.29. The molecule has 0 spiro atoms. The van der Waals surface area contributed by atoms with Crippen LogP contribution in [0.1, 0.15) is 12.5 Å². The fourth-order valence-electron chi connectivity index (χ4n) is 1.02. The summed E-state index contributed by atoms with van der Waals surface area (Å²) in [7, 11) is 0. The van der Waals surface area contributed by atoms with Crippen molar-refractivity contribution in [3.8, 4) is 5.75 Å². The predicted octanol–water partition coefficient (Wildman–Crippen LogP) is 1.97. The fraction of sp³-hybridized carbons (Fsp3) is 0.455. The monoisotopic (exact) mass is 179 g/mol. The maximum absolute atomic E-state index is 5.61. The van der Waals surface area contributed by atoms with Crippen molar-refractivity contribution in [1.29, 1.82) is 0 Å². The van der Waals surface area contributed by atoms with Gasteiger partial charge in [0.25, 0.3) is 0 Å². The minimum atomic E-state index is 0.416. The van der Waals surface area contributed by atoms with E-state index in [1.807, 2.05) is 31.2 Å². The lowest BCUT2D eigenvalue weighted by atomic mass is 10.2. The molecule has 2 N–H and O–H groups in total. The highest BCUT2D eigenvalue weighted by molar-refractivity contribution is 5.31. The summed E-state index contributed by atoms with van der Waals surface area (Å²) in [4.78, 5) is 0. The van der Waals surface area contributed by atoms with Crippen LogP contribution >= 0.6 is 0 Å². The second-order valence-electron chi connectivity index (χ2n) is 3.42. The van der Waals surface area contributed by atoms with E-state index in [1.165, 1.54) is 5.56 Å². The van der Waals surface area contributed by atoms with Gasteiger partial charge in [-0.15, -0.1) is 0 Å². The van der Waals surface area contributed by atoms with Gasteiger partial charge in [0, 0.05) is 5.92 Å². The third-order valence-electron chi connectivity index (χ3n) is 2.02. The van der Waals surface area contributed by atoms with Gasteiger partial charge in [-0.2, -0.15) is 0 Å². The van der Waals surface area contributed by atoms with E-state index in [0.717, 1.165) is 5.75 Å². The van der Waals surface area contributed by atoms with Gasteiger partial charge >= 0.3 is 0 Å². The summed E-state index contributed by atoms with van der Waals surface area (Å²) in [6, 6.07) is 8.02. The zero-order chi connectivity index (χ0) is 9.68. The van der Waals surface area contributed by atoms with Crippen molar-refractivity contribution >= 4 is 0 Å². The number of aryl methyl sites for hydroxylation is 1. The summed E-state index contributed by atoms with van der Waals surface area (Å²) in [5, 5.41) is 0. The van der Waals surface area contributed by atoms with Crippen LogP contribution in [-0.2, 0) is 0 Å². The van der Waals surface area contributed by atoms with Gasteiger partial charge in [0.15, 0.2) is 0 Å². The van der Waals surface area contributed by atoms with Gasteiger partial charge < -0.3 is 10.5 Å². The maximum atomic E-state index is 5.61. The van der Waals surface area contributed by atoms with Crippen LogP contribution in [-0.4, -0.2) is 13.2 Å². The summed E-state index contributed by atoms with van der Waals surface area (Å²) in [6.07, 6.45) is 0. The number of hydrogen-bond donors (Lipinski definition) is 1. The number of para-hydroxylation sites is 1. The molecule has 13 heavy (non-hydrogen) atoms. The van der Waals surface area contributed by atoms with Crippen molar-refractivity contribution in [1.82, 2.24) is 0 Å². The number of hydrogen-bond acceptors (Lipinski definition) is 2. The van der Waals surface area contributed by atoms with E-state index >= 15 is 0 Å². The van der Waals surface area contributed by atoms with Crippen LogP contribution in [0.2, 0.25) is 0 Å². The molecule has 0 fully saturated rings. The van der Waals surface area contributed by atoms with E-state index in [-0.39, 0.29) is 0 Å². The Kier molecular flexibility index (Phi) is 3.77. The molecule has 0 amide bonds. The van der Waals surface area contributed by atoms with Crippen molar-refractivity contribution < 1.29 is 4.74 Å². The molecule has 0 heterocycles. The molecule has 1 unspecified atom stereocenters. The number of rotatable bonds is 4. The number of nitrogens with two attached hydrogens (primary N) is 1. The van der Waals surface area contributed by atoms with Gasteiger partial charge in [-0.1, -0.05) is 25.1 Å². The molecule has 0 aromatic heterocycles. The van der Waals surface area contributed by atoms with Crippen LogP contribution in [0.15, 0.2) is 24.3 Å². The molecule has 0 radical (unpaired) electrons. The molecule has 0 aliphatic carbocycles. The summed E-state index contributed by atoms with van der Waals surface area (Å²) in [5.41, 5.74) is 6.67. The topological polar surface area (TPSA) is 35.2 Å². The largest absolute Gasteiger partial charge is 0.493 e. The first-order valence-electron chi connectivity index (χ1n) is 4.62. The summed E-state index contributed by atoms with van der Waals surface area (Å²) in [5.74, 6) is 1.38. The van der Waals surface area contributed by atoms with Gasteiger partial charge in [0.2, 0.25) is 0 Å². The summed E-state index contributed by atoms with van der Waals surface area (Å²) in [6.45, 7) is 5.49. The molecule has 0 aliphatic heterocycles. The van der Waals surface area contributed by atoms with Crippen molar-refractivity contribution in [3.63, 3.8) is 0 Å². The molecule has 2 nitrogen and oxygen atoms in total. The molecular formula is C11H17NO. The Labute approximate surface area is 79.7 Å². The SMILES string of the molecule is Cc1ccccc1OCC(C)CN. The standard InChI is InChI=1S/C11H17NO/c1-9(7-12)8-13-11-6-4-3-5-10(11)2/h3-6,9H,7-8,12H2,1-2H3. The van der Waals surface area contributed by atoms with Crippen molar-refractivity contribution in [2.75, 3.05) is 13.2 Å². The molecule has 0 saturated carbocycles. The third kappa shape index (κ3) is 3.07. The minimum absolute atomic E-state index is 0.416. The van der Waals surface area contributed by atoms with E-state index in [2.05, 4.69) is 6.92 Å². The van der Waals surface area contributed by atoms with Crippen molar-refractivity contribution in [2.45, 2.75) is 13.8 Å². The normalized spacial score (nSPS) is 12.5. The number of benzene rings is 1. The lowest BCUT2D eigenvalue weighted by Gasteiger charge is -2.12. The first-order chi connectivity index (χ1) is 6.24. The molecule has 2 heteroatoms. The Bertz CT molecular complexity index is 260. The summed E-state index contributed by atoms with van der Waals surface area (Å²) >= 11 is 0. The first kappa shape index (κ1) is 10.1. The smallest absolute Gasteiger partial charge is 0.122 e. The van der Waals surface area contributed by atoms with Crippen LogP contribution in [0.3, 0.4) is 0 Å². The van der Waals surface area contributed by atoms with Crippen LogP contribution < -0.4 is 10.5 Å². The van der Waals surface area contributed by atoms with Crippen molar-refractivity contribution in [2.24, 2.45) is 11.7 Å². The van der Waals surface area contributed by atoms with Crippen LogP contribution in [0, 0.1) is 12.8 Å². The predicted molar refractivity (Wildman–Crippen MR) is 54.9 cm³/mol. The fourth-order valence-corrected chi connectivity index (χ4v) is 1.02. The lowest BCUT2D eigenvalue weighted by Crippen LogP contribution is -2.18. The average molecular weight is 179 g/mol. The molecule has 1 aromatic carbocycles. The van der Waals surface area contributed by atoms with E-state index in [0.29, 0.717) is 19.1 Å². The van der Waals surface area contributed by atoms with E-state index in [1.54, 1.807) is 0 Å². The van der Waals surface area contributed by atoms with Crippen LogP contribution in [0.4, 0.5) is 0 Å². The maximum Gasteiger partial charge on any atom is 0.122 e. The molecular weight excluding hydrogens is 162 g/mol. The molecule has 0 bridgehead atoms. The molecule has 0 aliphatic rings. The highest BCUT2D eigenvalue weighted by Crippen LogP contribution is 2.16. The molecule has 0 saturated heterocycles. The lowest BCUT2D eigenvalue weighted by molar-refractivity contribution is 0.262. The van der Waals surface area contributed by atoms with Gasteiger partial charge in [0.05, 0.1) is 6.61 Å². The van der Waals surface area contributed by atoms with Crippen LogP contribution in [0.5, 0.6) is 5.75 Å². The van der Waals surface area contributed by atoms with Gasteiger partial charge in [-0.25, -0.2) is 0 Å². The number of ether oxygens (including phenoxy) is 1. The zero-order valence-electron chi connectivity index (χ0n) is 8.29. The Hall–Kier alpha value is -1.02. The Morgan fingerprint density at radius 2 is 2.08 bits per heavy atom. The Morgan fingerprint density at radius 1 is 1.38 bits per heavy atom. The minimum Gasteiger partial charge on any atom is -0.493 e. The second kappa shape index (κ2) is 4.87. The highest BCUT2D eigenvalue weighted by Gasteiger charge is 2.01. The first-order valence-corrected chi connectivity index (χ1v) is 4.62. The molecule has 1 rings (SSSR count). The van der Waals surface area contributed by atoms with E-state index < -0.39 is 0 Å². The van der Waals surface area contributed by atoms with Crippen LogP contribution in [0.25, 0.3) is 0 Å².